The zero-order valence-corrected chi connectivity index (χ0v) is 36.8. The maximum absolute atomic E-state index is 14.7. The maximum Gasteiger partial charge on any atom is 0.342 e. The molecule has 0 saturated carbocycles. The lowest BCUT2D eigenvalue weighted by Crippen LogP contribution is -2.55. The molecule has 3 aromatic carbocycles. The summed E-state index contributed by atoms with van der Waals surface area (Å²) in [4.78, 5) is 70.3. The van der Waals surface area contributed by atoms with Crippen LogP contribution in [0.25, 0.3) is 6.08 Å². The monoisotopic (exact) mass is 875 g/mol. The number of carbonyl (C=O) groups is 4. The van der Waals surface area contributed by atoms with Crippen LogP contribution < -0.4 is 25.1 Å². The zero-order chi connectivity index (χ0) is 45.5. The van der Waals surface area contributed by atoms with Crippen LogP contribution in [0.2, 0.25) is 0 Å². The minimum absolute atomic E-state index is 0.0449. The molecule has 2 amide bonds. The van der Waals surface area contributed by atoms with Gasteiger partial charge in [0.1, 0.15) is 28.9 Å². The van der Waals surface area contributed by atoms with Crippen molar-refractivity contribution >= 4 is 29.6 Å². The number of nitrogens with one attached hydrogen (secondary N) is 1. The average Bonchev–Trinajstić information content (AvgIpc) is 3.27. The van der Waals surface area contributed by atoms with E-state index in [0.29, 0.717) is 63.7 Å². The fourth-order valence-corrected chi connectivity index (χ4v) is 9.49. The number of nitrogens with zero attached hydrogens (tertiary/aromatic N) is 2. The van der Waals surface area contributed by atoms with Gasteiger partial charge in [0, 0.05) is 74.5 Å². The topological polar surface area (TPSA) is 183 Å². The number of phenols is 2. The van der Waals surface area contributed by atoms with Crippen molar-refractivity contribution < 1.29 is 48.3 Å². The van der Waals surface area contributed by atoms with Crippen LogP contribution in [-0.2, 0) is 32.1 Å². The molecule has 7 rings (SSSR count). The molecule has 4 heterocycles. The van der Waals surface area contributed by atoms with Crippen LogP contribution in [0, 0.1) is 5.92 Å². The highest BCUT2D eigenvalue weighted by Gasteiger charge is 2.39. The predicted molar refractivity (Wildman–Crippen MR) is 239 cm³/mol. The van der Waals surface area contributed by atoms with Crippen LogP contribution >= 0.6 is 0 Å². The second-order valence-electron chi connectivity index (χ2n) is 17.0. The molecule has 4 aromatic rings. The Morgan fingerprint density at radius 3 is 2.34 bits per heavy atom. The van der Waals surface area contributed by atoms with Crippen LogP contribution in [0.3, 0.4) is 0 Å². The Bertz CT molecular complexity index is 2440. The molecular weight excluding hydrogens is 819 g/mol. The molecule has 14 heteroatoms. The number of esters is 1. The Labute approximate surface area is 372 Å². The third kappa shape index (κ3) is 10.1. The number of allylic oxidation sites excluding steroid dienone is 1. The van der Waals surface area contributed by atoms with Gasteiger partial charge in [-0.1, -0.05) is 48.6 Å². The van der Waals surface area contributed by atoms with Gasteiger partial charge in [-0.05, 0) is 85.9 Å². The van der Waals surface area contributed by atoms with Crippen molar-refractivity contribution in [2.45, 2.75) is 95.2 Å². The SMILES string of the molecule is COc1cc(C(CC(=O)NC(Cc2ccccc2)C(=O)N2CC3CC(C2)c2cccc(=O)n2C3)c2c(O)cc3c(c2O)C(=O)OC(C)CCCC(=O)CCCC=C3)cc(OC)c1OC. The minimum Gasteiger partial charge on any atom is -0.507 e. The third-order valence-corrected chi connectivity index (χ3v) is 12.6. The fourth-order valence-electron chi connectivity index (χ4n) is 9.49. The average molecular weight is 876 g/mol. The first-order chi connectivity index (χ1) is 30.9. The number of methoxy groups -OCH3 is 3. The number of benzene rings is 3. The number of amides is 2. The van der Waals surface area contributed by atoms with Gasteiger partial charge in [0.15, 0.2) is 11.5 Å². The van der Waals surface area contributed by atoms with Crippen molar-refractivity contribution in [3.8, 4) is 28.7 Å². The van der Waals surface area contributed by atoms with E-state index in [1.807, 2.05) is 36.4 Å². The number of piperidine rings is 1. The number of rotatable bonds is 11. The molecule has 3 aliphatic rings. The van der Waals surface area contributed by atoms with Gasteiger partial charge < -0.3 is 43.9 Å². The highest BCUT2D eigenvalue weighted by atomic mass is 16.5. The van der Waals surface area contributed by atoms with E-state index >= 15 is 0 Å². The quantitative estimate of drug-likeness (QED) is 0.137. The molecule has 5 unspecified atom stereocenters. The van der Waals surface area contributed by atoms with Crippen molar-refractivity contribution in [3.05, 3.63) is 117 Å². The summed E-state index contributed by atoms with van der Waals surface area (Å²) in [7, 11) is 4.33. The summed E-state index contributed by atoms with van der Waals surface area (Å²) in [5, 5.41) is 27.2. The van der Waals surface area contributed by atoms with E-state index in [1.54, 1.807) is 52.8 Å². The molecule has 2 bridgehead atoms. The number of likely N-dealkylation sites (tertiary alicyclic amines) is 1. The number of fused-ring (bicyclic) bond motifs is 5. The summed E-state index contributed by atoms with van der Waals surface area (Å²) >= 11 is 0. The van der Waals surface area contributed by atoms with Crippen LogP contribution in [-0.4, -0.2) is 89.8 Å². The summed E-state index contributed by atoms with van der Waals surface area (Å²) in [6.45, 7) is 3.02. The summed E-state index contributed by atoms with van der Waals surface area (Å²) in [5.74, 6) is -2.91. The van der Waals surface area contributed by atoms with E-state index in [2.05, 4.69) is 5.32 Å². The van der Waals surface area contributed by atoms with Crippen LogP contribution in [0.1, 0.15) is 108 Å². The predicted octanol–water partition coefficient (Wildman–Crippen LogP) is 6.66. The van der Waals surface area contributed by atoms with Gasteiger partial charge in [0.25, 0.3) is 5.56 Å². The van der Waals surface area contributed by atoms with Gasteiger partial charge in [0.2, 0.25) is 17.6 Å². The first-order valence-corrected chi connectivity index (χ1v) is 22.0. The molecule has 0 radical (unpaired) electrons. The van der Waals surface area contributed by atoms with E-state index in [9.17, 15) is 34.2 Å². The molecule has 1 saturated heterocycles. The van der Waals surface area contributed by atoms with E-state index < -0.39 is 47.9 Å². The van der Waals surface area contributed by atoms with Gasteiger partial charge in [-0.2, -0.15) is 0 Å². The molecule has 64 heavy (non-hydrogen) atoms. The molecule has 3 N–H and O–H groups in total. The second kappa shape index (κ2) is 20.3. The lowest BCUT2D eigenvalue weighted by molar-refractivity contribution is -0.138. The van der Waals surface area contributed by atoms with Crippen molar-refractivity contribution in [3.63, 3.8) is 0 Å². The highest BCUT2D eigenvalue weighted by Crippen LogP contribution is 2.48. The lowest BCUT2D eigenvalue weighted by atomic mass is 9.82. The number of carbonyl (C=O) groups excluding carboxylic acids is 4. The first kappa shape index (κ1) is 45.5. The standard InChI is InChI=1S/C50H57N3O11/c1-30-13-11-18-36(54)17-10-6-9-16-33-23-40(55)46(47(58)45(33)50(60)64-30)37(34-24-41(61-2)48(63-4)42(25-34)62-3)26-43(56)51-38(22-31-14-7-5-8-15-31)49(59)52-27-32-21-35(29-52)39-19-12-20-44(57)53(39)28-32/h5,7-9,12,14-16,19-20,23-25,30,32,35,37-38,55,58H,6,10-11,13,17-18,21-22,26-29H2,1-4H3,(H,51,56). The molecule has 5 atom stereocenters. The Morgan fingerprint density at radius 2 is 1.62 bits per heavy atom. The summed E-state index contributed by atoms with van der Waals surface area (Å²) in [6, 6.07) is 18.2. The Kier molecular flexibility index (Phi) is 14.4. The van der Waals surface area contributed by atoms with Crippen LogP contribution in [0.5, 0.6) is 28.7 Å². The molecule has 3 aliphatic heterocycles. The number of cyclic esters (lactones) is 1. The van der Waals surface area contributed by atoms with Gasteiger partial charge in [-0.15, -0.1) is 0 Å². The zero-order valence-electron chi connectivity index (χ0n) is 36.8. The second-order valence-corrected chi connectivity index (χ2v) is 17.0. The van der Waals surface area contributed by atoms with Crippen molar-refractivity contribution in [1.29, 1.82) is 0 Å². The Morgan fingerprint density at radius 1 is 0.891 bits per heavy atom. The summed E-state index contributed by atoms with van der Waals surface area (Å²) in [6.07, 6.45) is 6.26. The molecule has 0 spiro atoms. The number of ether oxygens (including phenoxy) is 4. The normalized spacial score (nSPS) is 19.8. The molecule has 1 aromatic heterocycles. The van der Waals surface area contributed by atoms with Crippen molar-refractivity contribution in [1.82, 2.24) is 14.8 Å². The number of pyridine rings is 1. The number of Topliss-reactive ketones (excluding diaryl/α,β-unsaturated/α-hetero) is 1. The number of phenolic OH excluding ortho intramolecular Hbond substituents is 2. The van der Waals surface area contributed by atoms with Crippen molar-refractivity contribution in [2.75, 3.05) is 34.4 Å². The fraction of sp³-hybridized carbons (Fsp3) is 0.420. The first-order valence-electron chi connectivity index (χ1n) is 22.0. The largest absolute Gasteiger partial charge is 0.507 e. The van der Waals surface area contributed by atoms with E-state index in [4.69, 9.17) is 18.9 Å². The smallest absolute Gasteiger partial charge is 0.342 e. The van der Waals surface area contributed by atoms with Gasteiger partial charge >= 0.3 is 5.97 Å². The van der Waals surface area contributed by atoms with E-state index in [0.717, 1.165) is 17.7 Å². The van der Waals surface area contributed by atoms with Crippen molar-refractivity contribution in [2.24, 2.45) is 5.92 Å². The number of hydrogen-bond acceptors (Lipinski definition) is 11. The highest BCUT2D eigenvalue weighted by molar-refractivity contribution is 5.98. The Hall–Kier alpha value is -6.57. The van der Waals surface area contributed by atoms with E-state index in [-0.39, 0.29) is 69.4 Å². The number of ketones is 1. The van der Waals surface area contributed by atoms with E-state index in [1.165, 1.54) is 27.4 Å². The number of aromatic nitrogens is 1. The molecule has 1 fully saturated rings. The minimum atomic E-state index is -1.15. The van der Waals surface area contributed by atoms with Crippen LogP contribution in [0.4, 0.5) is 0 Å². The van der Waals surface area contributed by atoms with Gasteiger partial charge in [-0.25, -0.2) is 4.79 Å². The van der Waals surface area contributed by atoms with Crippen LogP contribution in [0.15, 0.2) is 77.6 Å². The van der Waals surface area contributed by atoms with Gasteiger partial charge in [-0.3, -0.25) is 19.2 Å². The molecular formula is C50H57N3O11. The molecule has 338 valence electrons. The summed E-state index contributed by atoms with van der Waals surface area (Å²) < 4.78 is 24.6. The Balaban J connectivity index is 1.27. The third-order valence-electron chi connectivity index (χ3n) is 12.6. The number of aromatic hydroxyl groups is 2. The van der Waals surface area contributed by atoms with Gasteiger partial charge in [0.05, 0.1) is 27.4 Å². The lowest BCUT2D eigenvalue weighted by Gasteiger charge is -2.43. The molecule has 0 aliphatic carbocycles. The summed E-state index contributed by atoms with van der Waals surface area (Å²) in [5.41, 5.74) is 1.89. The number of hydrogen-bond donors (Lipinski definition) is 3. The molecule has 14 nitrogen and oxygen atoms in total. The maximum atomic E-state index is 14.7.